The molecule has 1 aliphatic rings. The van der Waals surface area contributed by atoms with Crippen molar-refractivity contribution < 1.29 is 19.1 Å². The summed E-state index contributed by atoms with van der Waals surface area (Å²) in [5.74, 6) is 0.0183. The Morgan fingerprint density at radius 3 is 2.72 bits per heavy atom. The zero-order chi connectivity index (χ0) is 20.2. The van der Waals surface area contributed by atoms with Crippen LogP contribution in [0.1, 0.15) is 27.7 Å². The number of carbonyl (C=O) groups excluding carboxylic acids is 2. The van der Waals surface area contributed by atoms with Crippen molar-refractivity contribution in [2.24, 2.45) is 0 Å². The van der Waals surface area contributed by atoms with Gasteiger partial charge >= 0.3 is 5.97 Å². The number of carbonyl (C=O) groups is 2. The molecule has 1 atom stereocenters. The molecule has 0 fully saturated rings. The molecule has 3 aromatic rings. The van der Waals surface area contributed by atoms with E-state index in [-0.39, 0.29) is 5.91 Å². The van der Waals surface area contributed by atoms with Gasteiger partial charge < -0.3 is 14.8 Å². The second-order valence-electron chi connectivity index (χ2n) is 6.82. The molecule has 1 aromatic heterocycles. The standard InChI is InChI=1S/C23H21NO4S/c1-15(22(25)24-12-11-16-7-3-2-4-8-16)28-23(26)20-13-17-14-27-19-10-6-5-9-18(19)21(17)29-20/h2-10,13,15H,11-12,14H2,1H3,(H,24,25)/t15-/m1/s1. The number of benzene rings is 2. The van der Waals surface area contributed by atoms with E-state index in [1.165, 1.54) is 11.3 Å². The molecule has 0 saturated heterocycles. The number of esters is 1. The second-order valence-corrected chi connectivity index (χ2v) is 7.88. The quantitative estimate of drug-likeness (QED) is 0.622. The van der Waals surface area contributed by atoms with Crippen LogP contribution in [0.15, 0.2) is 60.7 Å². The molecule has 148 valence electrons. The number of para-hydroxylation sites is 1. The molecule has 0 unspecified atom stereocenters. The summed E-state index contributed by atoms with van der Waals surface area (Å²) >= 11 is 1.37. The molecule has 0 radical (unpaired) electrons. The molecule has 0 aliphatic carbocycles. The highest BCUT2D eigenvalue weighted by Gasteiger charge is 2.25. The number of ether oxygens (including phenoxy) is 2. The third-order valence-corrected chi connectivity index (χ3v) is 5.92. The van der Waals surface area contributed by atoms with E-state index in [9.17, 15) is 9.59 Å². The van der Waals surface area contributed by atoms with Crippen molar-refractivity contribution in [3.8, 4) is 16.2 Å². The van der Waals surface area contributed by atoms with Crippen LogP contribution in [-0.2, 0) is 22.6 Å². The summed E-state index contributed by atoms with van der Waals surface area (Å²) in [7, 11) is 0. The predicted molar refractivity (Wildman–Crippen MR) is 112 cm³/mol. The molecule has 1 amide bonds. The maximum absolute atomic E-state index is 12.6. The first kappa shape index (κ1) is 19.2. The average molecular weight is 407 g/mol. The molecular formula is C23H21NO4S. The number of amides is 1. The molecule has 0 saturated carbocycles. The lowest BCUT2D eigenvalue weighted by Gasteiger charge is -2.16. The van der Waals surface area contributed by atoms with Gasteiger partial charge in [0, 0.05) is 22.5 Å². The van der Waals surface area contributed by atoms with Gasteiger partial charge in [-0.2, -0.15) is 0 Å². The van der Waals surface area contributed by atoms with Crippen molar-refractivity contribution in [2.75, 3.05) is 6.54 Å². The van der Waals surface area contributed by atoms with Gasteiger partial charge in [-0.25, -0.2) is 4.79 Å². The van der Waals surface area contributed by atoms with Gasteiger partial charge in [0.2, 0.25) is 0 Å². The molecule has 2 aromatic carbocycles. The second kappa shape index (κ2) is 8.49. The smallest absolute Gasteiger partial charge is 0.349 e. The summed E-state index contributed by atoms with van der Waals surface area (Å²) in [5.41, 5.74) is 3.08. The Balaban J connectivity index is 1.35. The maximum atomic E-state index is 12.6. The summed E-state index contributed by atoms with van der Waals surface area (Å²) in [6.45, 7) is 2.50. The summed E-state index contributed by atoms with van der Waals surface area (Å²) in [6, 6.07) is 19.4. The van der Waals surface area contributed by atoms with Gasteiger partial charge in [-0.1, -0.05) is 42.5 Å². The lowest BCUT2D eigenvalue weighted by Crippen LogP contribution is -2.36. The van der Waals surface area contributed by atoms with Gasteiger partial charge in [-0.3, -0.25) is 4.79 Å². The fourth-order valence-corrected chi connectivity index (χ4v) is 4.27. The van der Waals surface area contributed by atoms with Crippen LogP contribution >= 0.6 is 11.3 Å². The van der Waals surface area contributed by atoms with Gasteiger partial charge in [0.1, 0.15) is 17.2 Å². The minimum atomic E-state index is -0.860. The zero-order valence-corrected chi connectivity index (χ0v) is 16.8. The van der Waals surface area contributed by atoms with Gasteiger partial charge in [-0.15, -0.1) is 11.3 Å². The van der Waals surface area contributed by atoms with E-state index < -0.39 is 12.1 Å². The third kappa shape index (κ3) is 4.32. The van der Waals surface area contributed by atoms with E-state index in [0.717, 1.165) is 33.7 Å². The van der Waals surface area contributed by atoms with E-state index in [4.69, 9.17) is 9.47 Å². The van der Waals surface area contributed by atoms with Crippen LogP contribution in [0.2, 0.25) is 0 Å². The molecule has 6 heteroatoms. The van der Waals surface area contributed by atoms with Crippen molar-refractivity contribution in [3.63, 3.8) is 0 Å². The van der Waals surface area contributed by atoms with Crippen LogP contribution in [-0.4, -0.2) is 24.5 Å². The van der Waals surface area contributed by atoms with E-state index >= 15 is 0 Å². The summed E-state index contributed by atoms with van der Waals surface area (Å²) in [6.07, 6.45) is -0.134. The molecule has 0 bridgehead atoms. The molecule has 0 spiro atoms. The Kier molecular flexibility index (Phi) is 5.62. The largest absolute Gasteiger partial charge is 0.488 e. The van der Waals surface area contributed by atoms with Gasteiger partial charge in [0.15, 0.2) is 6.10 Å². The molecule has 29 heavy (non-hydrogen) atoms. The van der Waals surface area contributed by atoms with Crippen LogP contribution in [0.3, 0.4) is 0 Å². The molecular weight excluding hydrogens is 386 g/mol. The number of fused-ring (bicyclic) bond motifs is 3. The molecule has 1 aliphatic heterocycles. The van der Waals surface area contributed by atoms with Crippen LogP contribution in [0.4, 0.5) is 0 Å². The van der Waals surface area contributed by atoms with Crippen molar-refractivity contribution >= 4 is 23.2 Å². The first-order valence-corrected chi connectivity index (χ1v) is 10.3. The van der Waals surface area contributed by atoms with Crippen LogP contribution in [0.25, 0.3) is 10.4 Å². The molecule has 5 nitrogen and oxygen atoms in total. The first-order chi connectivity index (χ1) is 14.1. The van der Waals surface area contributed by atoms with Crippen molar-refractivity contribution in [3.05, 3.63) is 76.7 Å². The third-order valence-electron chi connectivity index (χ3n) is 4.73. The van der Waals surface area contributed by atoms with Crippen LogP contribution in [0, 0.1) is 0 Å². The van der Waals surface area contributed by atoms with Crippen LogP contribution in [0.5, 0.6) is 5.75 Å². The molecule has 2 heterocycles. The fourth-order valence-electron chi connectivity index (χ4n) is 3.19. The maximum Gasteiger partial charge on any atom is 0.349 e. The number of hydrogen-bond acceptors (Lipinski definition) is 5. The van der Waals surface area contributed by atoms with E-state index in [1.54, 1.807) is 13.0 Å². The zero-order valence-electron chi connectivity index (χ0n) is 16.0. The highest BCUT2D eigenvalue weighted by Crippen LogP contribution is 2.42. The normalized spacial score (nSPS) is 12.9. The van der Waals surface area contributed by atoms with E-state index in [1.807, 2.05) is 54.6 Å². The lowest BCUT2D eigenvalue weighted by atomic mass is 10.1. The van der Waals surface area contributed by atoms with Gasteiger partial charge in [0.05, 0.1) is 0 Å². The summed E-state index contributed by atoms with van der Waals surface area (Å²) in [4.78, 5) is 26.3. The fraction of sp³-hybridized carbons (Fsp3) is 0.217. The van der Waals surface area contributed by atoms with E-state index in [0.29, 0.717) is 18.0 Å². The number of nitrogens with one attached hydrogen (secondary N) is 1. The SMILES string of the molecule is C[C@@H](OC(=O)c1cc2c(s1)-c1ccccc1OC2)C(=O)NCCc1ccccc1. The predicted octanol–water partition coefficient (Wildman–Crippen LogP) is 4.21. The van der Waals surface area contributed by atoms with Gasteiger partial charge in [0.25, 0.3) is 5.91 Å². The number of hydrogen-bond donors (Lipinski definition) is 1. The summed E-state index contributed by atoms with van der Waals surface area (Å²) < 4.78 is 11.1. The first-order valence-electron chi connectivity index (χ1n) is 9.49. The number of thiophene rings is 1. The Bertz CT molecular complexity index is 1030. The summed E-state index contributed by atoms with van der Waals surface area (Å²) in [5, 5.41) is 2.82. The average Bonchev–Trinajstić information content (AvgIpc) is 3.19. The minimum Gasteiger partial charge on any atom is -0.488 e. The molecule has 1 N–H and O–H groups in total. The van der Waals surface area contributed by atoms with Crippen molar-refractivity contribution in [1.29, 1.82) is 0 Å². The van der Waals surface area contributed by atoms with Crippen molar-refractivity contribution in [2.45, 2.75) is 26.1 Å². The Labute approximate surface area is 173 Å². The Morgan fingerprint density at radius 1 is 1.14 bits per heavy atom. The molecule has 4 rings (SSSR count). The number of rotatable bonds is 6. The van der Waals surface area contributed by atoms with E-state index in [2.05, 4.69) is 5.32 Å². The Hall–Kier alpha value is -3.12. The lowest BCUT2D eigenvalue weighted by molar-refractivity contribution is -0.129. The van der Waals surface area contributed by atoms with Gasteiger partial charge in [-0.05, 0) is 37.1 Å². The Morgan fingerprint density at radius 2 is 1.90 bits per heavy atom. The highest BCUT2D eigenvalue weighted by atomic mass is 32.1. The highest BCUT2D eigenvalue weighted by molar-refractivity contribution is 7.17. The van der Waals surface area contributed by atoms with Crippen molar-refractivity contribution in [1.82, 2.24) is 5.32 Å². The monoisotopic (exact) mass is 407 g/mol. The van der Waals surface area contributed by atoms with Crippen LogP contribution < -0.4 is 10.1 Å². The topological polar surface area (TPSA) is 64.6 Å². The minimum absolute atomic E-state index is 0.302.